The summed E-state index contributed by atoms with van der Waals surface area (Å²) in [4.78, 5) is 9.56. The number of sulfonamides is 1. The number of nitro benzene ring substituents is 1. The maximum absolute atomic E-state index is 12.1. The molecule has 0 aliphatic rings. The Balaban J connectivity index is 3.15. The molecule has 0 heterocycles. The van der Waals surface area contributed by atoms with Crippen LogP contribution in [-0.4, -0.2) is 40.4 Å². The van der Waals surface area contributed by atoms with Crippen molar-refractivity contribution >= 4 is 38.9 Å². The summed E-state index contributed by atoms with van der Waals surface area (Å²) < 4.78 is 36.0. The second-order valence-corrected chi connectivity index (χ2v) is 6.24. The molecule has 0 saturated heterocycles. The molecular weight excluding hydrogens is 347 g/mol. The van der Waals surface area contributed by atoms with Crippen molar-refractivity contribution < 1.29 is 22.8 Å². The first-order chi connectivity index (χ1) is 9.74. The van der Waals surface area contributed by atoms with Crippen LogP contribution in [0, 0.1) is 10.1 Å². The minimum atomic E-state index is -4.08. The Kier molecular flexibility index (Phi) is 6.32. The van der Waals surface area contributed by atoms with Gasteiger partial charge in [-0.15, -0.1) is 0 Å². The Morgan fingerprint density at radius 1 is 1.33 bits per heavy atom. The lowest BCUT2D eigenvalue weighted by atomic mass is 10.3. The quantitative estimate of drug-likeness (QED) is 0.452. The number of benzene rings is 1. The molecule has 8 nitrogen and oxygen atoms in total. The van der Waals surface area contributed by atoms with Crippen LogP contribution in [0.3, 0.4) is 0 Å². The molecule has 0 aromatic heterocycles. The summed E-state index contributed by atoms with van der Waals surface area (Å²) in [6.07, 6.45) is -0.805. The molecule has 0 spiro atoms. The van der Waals surface area contributed by atoms with Crippen LogP contribution in [0.1, 0.15) is 0 Å². The molecule has 21 heavy (non-hydrogen) atoms. The molecule has 1 rings (SSSR count). The molecule has 118 valence electrons. The fraction of sp³-hybridized carbons (Fsp3) is 0.400. The third kappa shape index (κ3) is 4.25. The van der Waals surface area contributed by atoms with Crippen LogP contribution in [0.15, 0.2) is 17.0 Å². The van der Waals surface area contributed by atoms with Gasteiger partial charge in [0, 0.05) is 14.2 Å². The molecule has 0 unspecified atom stereocenters. The van der Waals surface area contributed by atoms with Crippen LogP contribution in [-0.2, 0) is 19.5 Å². The lowest BCUT2D eigenvalue weighted by molar-refractivity contribution is -0.384. The average molecular weight is 359 g/mol. The number of nitro groups is 1. The molecule has 1 aromatic carbocycles. The van der Waals surface area contributed by atoms with Crippen molar-refractivity contribution in [1.82, 2.24) is 4.72 Å². The highest BCUT2D eigenvalue weighted by atomic mass is 35.5. The van der Waals surface area contributed by atoms with Crippen molar-refractivity contribution in [3.8, 4) is 0 Å². The second-order valence-electron chi connectivity index (χ2n) is 3.72. The molecule has 0 fully saturated rings. The number of nitrogens with one attached hydrogen (secondary N) is 1. The van der Waals surface area contributed by atoms with Crippen molar-refractivity contribution in [1.29, 1.82) is 0 Å². The maximum atomic E-state index is 12.1. The second kappa shape index (κ2) is 7.34. The van der Waals surface area contributed by atoms with Crippen molar-refractivity contribution in [3.05, 3.63) is 32.3 Å². The summed E-state index contributed by atoms with van der Waals surface area (Å²) in [6, 6.07) is 2.17. The zero-order valence-electron chi connectivity index (χ0n) is 11.0. The lowest BCUT2D eigenvalue weighted by Crippen LogP contribution is -2.34. The Morgan fingerprint density at radius 2 is 1.90 bits per heavy atom. The molecule has 0 saturated carbocycles. The molecule has 0 amide bonds. The largest absolute Gasteiger partial charge is 0.355 e. The van der Waals surface area contributed by atoms with E-state index in [0.717, 1.165) is 12.1 Å². The molecule has 11 heteroatoms. The van der Waals surface area contributed by atoms with E-state index in [4.69, 9.17) is 32.7 Å². The van der Waals surface area contributed by atoms with Crippen molar-refractivity contribution in [2.24, 2.45) is 0 Å². The van der Waals surface area contributed by atoms with Gasteiger partial charge in [0.15, 0.2) is 6.29 Å². The molecule has 1 N–H and O–H groups in total. The zero-order valence-corrected chi connectivity index (χ0v) is 13.3. The van der Waals surface area contributed by atoms with Gasteiger partial charge in [-0.1, -0.05) is 23.2 Å². The summed E-state index contributed by atoms with van der Waals surface area (Å²) in [6.45, 7) is -0.192. The number of hydrogen-bond donors (Lipinski definition) is 1. The van der Waals surface area contributed by atoms with E-state index in [1.165, 1.54) is 14.2 Å². The summed E-state index contributed by atoms with van der Waals surface area (Å²) in [5, 5.41) is 10.0. The lowest BCUT2D eigenvalue weighted by Gasteiger charge is -2.14. The minimum absolute atomic E-state index is 0.192. The highest BCUT2D eigenvalue weighted by Gasteiger charge is 2.28. The van der Waals surface area contributed by atoms with E-state index in [2.05, 4.69) is 4.72 Å². The number of nitrogens with zero attached hydrogens (tertiary/aromatic N) is 1. The Morgan fingerprint density at radius 3 is 2.38 bits per heavy atom. The van der Waals surface area contributed by atoms with Crippen LogP contribution in [0.5, 0.6) is 0 Å². The van der Waals surface area contributed by atoms with Crippen molar-refractivity contribution in [2.75, 3.05) is 20.8 Å². The summed E-state index contributed by atoms with van der Waals surface area (Å²) in [5.74, 6) is 0. The number of rotatable bonds is 7. The molecule has 0 aliphatic carbocycles. The van der Waals surface area contributed by atoms with E-state index in [0.29, 0.717) is 0 Å². The van der Waals surface area contributed by atoms with Gasteiger partial charge in [0.1, 0.15) is 14.9 Å². The summed E-state index contributed by atoms with van der Waals surface area (Å²) >= 11 is 11.4. The fourth-order valence-electron chi connectivity index (χ4n) is 1.42. The number of hydrogen-bond acceptors (Lipinski definition) is 6. The van der Waals surface area contributed by atoms with Crippen molar-refractivity contribution in [3.63, 3.8) is 0 Å². The Bertz CT molecular complexity index is 633. The van der Waals surface area contributed by atoms with E-state index >= 15 is 0 Å². The van der Waals surface area contributed by atoms with E-state index < -0.39 is 36.8 Å². The predicted molar refractivity (Wildman–Crippen MR) is 76.1 cm³/mol. The van der Waals surface area contributed by atoms with Crippen molar-refractivity contribution in [2.45, 2.75) is 11.2 Å². The van der Waals surface area contributed by atoms with Crippen LogP contribution < -0.4 is 4.72 Å². The van der Waals surface area contributed by atoms with Crippen LogP contribution in [0.4, 0.5) is 5.69 Å². The highest BCUT2D eigenvalue weighted by Crippen LogP contribution is 2.36. The molecule has 0 bridgehead atoms. The van der Waals surface area contributed by atoms with Gasteiger partial charge >= 0.3 is 5.69 Å². The van der Waals surface area contributed by atoms with Gasteiger partial charge in [0.05, 0.1) is 11.5 Å². The molecule has 0 aliphatic heterocycles. The third-order valence-electron chi connectivity index (χ3n) is 2.47. The smallest absolute Gasteiger partial charge is 0.307 e. The van der Waals surface area contributed by atoms with Gasteiger partial charge in [-0.25, -0.2) is 13.1 Å². The van der Waals surface area contributed by atoms with Gasteiger partial charge in [0.2, 0.25) is 10.0 Å². The topological polar surface area (TPSA) is 108 Å². The first-order valence-electron chi connectivity index (χ1n) is 5.42. The highest BCUT2D eigenvalue weighted by molar-refractivity contribution is 7.89. The predicted octanol–water partition coefficient (Wildman–Crippen LogP) is 1.80. The monoisotopic (exact) mass is 358 g/mol. The number of halogens is 2. The summed E-state index contributed by atoms with van der Waals surface area (Å²) in [5.41, 5.74) is -0.670. The average Bonchev–Trinajstić information content (AvgIpc) is 2.39. The van der Waals surface area contributed by atoms with Crippen LogP contribution in [0.25, 0.3) is 0 Å². The normalized spacial score (nSPS) is 11.9. The van der Waals surface area contributed by atoms with E-state index in [1.807, 2.05) is 0 Å². The Hall–Kier alpha value is -0.970. The summed E-state index contributed by atoms with van der Waals surface area (Å²) in [7, 11) is -1.41. The number of ether oxygens (including phenoxy) is 2. The van der Waals surface area contributed by atoms with Gasteiger partial charge < -0.3 is 9.47 Å². The van der Waals surface area contributed by atoms with E-state index in [9.17, 15) is 18.5 Å². The van der Waals surface area contributed by atoms with Gasteiger partial charge in [-0.3, -0.25) is 10.1 Å². The van der Waals surface area contributed by atoms with Crippen LogP contribution in [0.2, 0.25) is 10.0 Å². The standard InChI is InChI=1S/C10H12Cl2N2O6S/c1-19-8(20-2)5-13-21(17,18)7-4-3-6(11)10(9(7)12)14(15)16/h3-4,8,13H,5H2,1-2H3. The van der Waals surface area contributed by atoms with E-state index in [1.54, 1.807) is 0 Å². The number of methoxy groups -OCH3 is 2. The Labute approximate surface area is 131 Å². The molecule has 0 atom stereocenters. The minimum Gasteiger partial charge on any atom is -0.355 e. The zero-order chi connectivity index (χ0) is 16.2. The van der Waals surface area contributed by atoms with Gasteiger partial charge in [0.25, 0.3) is 0 Å². The molecule has 1 aromatic rings. The first kappa shape index (κ1) is 18.1. The third-order valence-corrected chi connectivity index (χ3v) is 4.73. The SMILES string of the molecule is COC(CNS(=O)(=O)c1ccc(Cl)c([N+](=O)[O-])c1Cl)OC. The maximum Gasteiger partial charge on any atom is 0.307 e. The van der Waals surface area contributed by atoms with Crippen LogP contribution >= 0.6 is 23.2 Å². The first-order valence-corrected chi connectivity index (χ1v) is 7.66. The fourth-order valence-corrected chi connectivity index (χ4v) is 3.32. The van der Waals surface area contributed by atoms with E-state index in [-0.39, 0.29) is 11.6 Å². The van der Waals surface area contributed by atoms with Gasteiger partial charge in [-0.2, -0.15) is 0 Å². The molecular formula is C10H12Cl2N2O6S. The molecule has 0 radical (unpaired) electrons. The van der Waals surface area contributed by atoms with Gasteiger partial charge in [-0.05, 0) is 12.1 Å².